The Balaban J connectivity index is 3.29. The third-order valence-corrected chi connectivity index (χ3v) is 1.05. The molecule has 40 valence electrons. The van der Waals surface area contributed by atoms with Gasteiger partial charge < -0.3 is 0 Å². The predicted molar refractivity (Wildman–Crippen MR) is 36.2 cm³/mol. The van der Waals surface area contributed by atoms with E-state index in [0.29, 0.717) is 5.92 Å². The van der Waals surface area contributed by atoms with Crippen LogP contribution in [0.15, 0.2) is 0 Å². The quantitative estimate of drug-likeness (QED) is 0.391. The summed E-state index contributed by atoms with van der Waals surface area (Å²) in [7, 11) is 0. The van der Waals surface area contributed by atoms with Crippen molar-refractivity contribution in [2.75, 3.05) is 0 Å². The molecule has 7 heavy (non-hydrogen) atoms. The molecule has 0 aliphatic heterocycles. The Labute approximate surface area is 50.7 Å². The van der Waals surface area contributed by atoms with Gasteiger partial charge in [-0.1, -0.05) is 32.4 Å². The fraction of sp³-hybridized carbons (Fsp3) is 0.667. The molecule has 0 bridgehead atoms. The van der Waals surface area contributed by atoms with E-state index >= 15 is 0 Å². The van der Waals surface area contributed by atoms with Gasteiger partial charge in [0.2, 0.25) is 0 Å². The molecule has 0 radical (unpaired) electrons. The molecule has 0 spiro atoms. The minimum Gasteiger partial charge on any atom is -0.0922 e. The molecule has 0 nitrogen and oxygen atoms in total. The van der Waals surface area contributed by atoms with E-state index in [1.165, 1.54) is 0 Å². The lowest BCUT2D eigenvalue weighted by atomic mass is 10.1. The van der Waals surface area contributed by atoms with Crippen molar-refractivity contribution in [2.24, 2.45) is 5.92 Å². The van der Waals surface area contributed by atoms with Crippen LogP contribution in [0.2, 0.25) is 0 Å². The minimum atomic E-state index is 0.512. The molecular weight excluding hydrogens is 104 g/mol. The Morgan fingerprint density at radius 1 is 1.71 bits per heavy atom. The molecule has 0 aliphatic rings. The summed E-state index contributed by atoms with van der Waals surface area (Å²) in [5.41, 5.74) is 0. The van der Waals surface area contributed by atoms with Crippen molar-refractivity contribution < 1.29 is 0 Å². The number of thiol groups is 1. The lowest BCUT2D eigenvalue weighted by Crippen LogP contribution is -1.82. The van der Waals surface area contributed by atoms with E-state index in [1.807, 2.05) is 0 Å². The van der Waals surface area contributed by atoms with E-state index in [-0.39, 0.29) is 0 Å². The zero-order valence-electron chi connectivity index (χ0n) is 4.73. The van der Waals surface area contributed by atoms with Crippen molar-refractivity contribution in [3.8, 4) is 11.2 Å². The van der Waals surface area contributed by atoms with E-state index in [1.54, 1.807) is 0 Å². The van der Waals surface area contributed by atoms with E-state index in [9.17, 15) is 0 Å². The van der Waals surface area contributed by atoms with Crippen LogP contribution in [0.5, 0.6) is 0 Å². The standard InChI is InChI=1S/C6H10S/c1-3-6(2)4-5-7/h6-7H,3H2,1-2H3. The number of hydrogen-bond acceptors (Lipinski definition) is 1. The van der Waals surface area contributed by atoms with Crippen LogP contribution in [-0.4, -0.2) is 0 Å². The second kappa shape index (κ2) is 4.08. The lowest BCUT2D eigenvalue weighted by molar-refractivity contribution is 0.724. The van der Waals surface area contributed by atoms with Crippen molar-refractivity contribution in [1.82, 2.24) is 0 Å². The third-order valence-electron chi connectivity index (χ3n) is 0.923. The monoisotopic (exact) mass is 114 g/mol. The van der Waals surface area contributed by atoms with Crippen LogP contribution >= 0.6 is 12.6 Å². The van der Waals surface area contributed by atoms with Gasteiger partial charge in [-0.15, -0.1) is 0 Å². The van der Waals surface area contributed by atoms with Crippen molar-refractivity contribution in [1.29, 1.82) is 0 Å². The van der Waals surface area contributed by atoms with Gasteiger partial charge >= 0.3 is 0 Å². The lowest BCUT2D eigenvalue weighted by Gasteiger charge is -1.91. The highest BCUT2D eigenvalue weighted by molar-refractivity contribution is 7.85. The first kappa shape index (κ1) is 6.91. The molecule has 0 amide bonds. The average Bonchev–Trinajstić information content (AvgIpc) is 1.68. The molecule has 0 aromatic carbocycles. The maximum atomic E-state index is 3.75. The number of rotatable bonds is 1. The van der Waals surface area contributed by atoms with Gasteiger partial charge in [0.05, 0.1) is 0 Å². The topological polar surface area (TPSA) is 0 Å². The van der Waals surface area contributed by atoms with Crippen LogP contribution in [0.3, 0.4) is 0 Å². The summed E-state index contributed by atoms with van der Waals surface area (Å²) in [6.45, 7) is 4.20. The van der Waals surface area contributed by atoms with Gasteiger partial charge in [-0.25, -0.2) is 0 Å². The smallest absolute Gasteiger partial charge is 0.0180 e. The highest BCUT2D eigenvalue weighted by Gasteiger charge is 1.86. The van der Waals surface area contributed by atoms with Crippen molar-refractivity contribution in [3.63, 3.8) is 0 Å². The second-order valence-corrected chi connectivity index (χ2v) is 1.79. The van der Waals surface area contributed by atoms with Gasteiger partial charge in [-0.2, -0.15) is 0 Å². The molecule has 0 saturated carbocycles. The zero-order chi connectivity index (χ0) is 5.70. The Hall–Kier alpha value is -0.0900. The SMILES string of the molecule is CCC(C)C#CS. The second-order valence-electron chi connectivity index (χ2n) is 1.57. The van der Waals surface area contributed by atoms with E-state index < -0.39 is 0 Å². The molecule has 0 N–H and O–H groups in total. The Bertz CT molecular complexity index is 86.1. The molecule has 0 fully saturated rings. The summed E-state index contributed by atoms with van der Waals surface area (Å²) >= 11 is 3.75. The predicted octanol–water partition coefficient (Wildman–Crippen LogP) is 1.92. The Morgan fingerprint density at radius 2 is 2.29 bits per heavy atom. The van der Waals surface area contributed by atoms with Crippen LogP contribution in [0.1, 0.15) is 20.3 Å². The fourth-order valence-corrected chi connectivity index (χ4v) is 0.433. The molecule has 0 aliphatic carbocycles. The van der Waals surface area contributed by atoms with Crippen molar-refractivity contribution in [2.45, 2.75) is 20.3 Å². The van der Waals surface area contributed by atoms with Gasteiger partial charge in [0, 0.05) is 5.92 Å². The van der Waals surface area contributed by atoms with Crippen LogP contribution < -0.4 is 0 Å². The summed E-state index contributed by atoms with van der Waals surface area (Å²) in [4.78, 5) is 0. The Morgan fingerprint density at radius 3 is 2.43 bits per heavy atom. The van der Waals surface area contributed by atoms with E-state index in [2.05, 4.69) is 37.6 Å². The highest BCUT2D eigenvalue weighted by Crippen LogP contribution is 1.95. The normalized spacial score (nSPS) is 11.9. The zero-order valence-corrected chi connectivity index (χ0v) is 5.63. The molecule has 0 rings (SSSR count). The average molecular weight is 114 g/mol. The maximum absolute atomic E-state index is 3.75. The molecule has 0 aromatic heterocycles. The fourth-order valence-electron chi connectivity index (χ4n) is 0.212. The van der Waals surface area contributed by atoms with Crippen molar-refractivity contribution >= 4 is 12.6 Å². The first-order valence-electron chi connectivity index (χ1n) is 2.45. The van der Waals surface area contributed by atoms with E-state index in [0.717, 1.165) is 6.42 Å². The van der Waals surface area contributed by atoms with E-state index in [4.69, 9.17) is 0 Å². The van der Waals surface area contributed by atoms with Gasteiger partial charge in [-0.05, 0) is 11.7 Å². The summed E-state index contributed by atoms with van der Waals surface area (Å²) in [5.74, 6) is 3.42. The third kappa shape index (κ3) is 3.75. The minimum absolute atomic E-state index is 0.512. The van der Waals surface area contributed by atoms with Crippen molar-refractivity contribution in [3.05, 3.63) is 0 Å². The van der Waals surface area contributed by atoms with Gasteiger partial charge in [0.15, 0.2) is 0 Å². The molecule has 1 unspecified atom stereocenters. The molecule has 0 aromatic rings. The highest BCUT2D eigenvalue weighted by atomic mass is 32.1. The molecule has 1 atom stereocenters. The van der Waals surface area contributed by atoms with Crippen LogP contribution in [-0.2, 0) is 0 Å². The van der Waals surface area contributed by atoms with Crippen LogP contribution in [0, 0.1) is 17.1 Å². The van der Waals surface area contributed by atoms with Crippen LogP contribution in [0.25, 0.3) is 0 Å². The first-order valence-corrected chi connectivity index (χ1v) is 2.90. The van der Waals surface area contributed by atoms with Gasteiger partial charge in [-0.3, -0.25) is 0 Å². The molecular formula is C6H10S. The Kier molecular flexibility index (Phi) is 4.03. The van der Waals surface area contributed by atoms with Crippen LogP contribution in [0.4, 0.5) is 0 Å². The summed E-state index contributed by atoms with van der Waals surface area (Å²) < 4.78 is 0. The first-order chi connectivity index (χ1) is 3.31. The largest absolute Gasteiger partial charge is 0.0922 e. The van der Waals surface area contributed by atoms with Gasteiger partial charge in [0.25, 0.3) is 0 Å². The maximum Gasteiger partial charge on any atom is 0.0180 e. The summed E-state index contributed by atoms with van der Waals surface area (Å²) in [6, 6.07) is 0. The summed E-state index contributed by atoms with van der Waals surface area (Å²) in [5, 5.41) is 2.56. The molecule has 1 heteroatoms. The molecule has 0 saturated heterocycles. The molecule has 0 heterocycles. The summed E-state index contributed by atoms with van der Waals surface area (Å²) in [6.07, 6.45) is 1.12. The number of hydrogen-bond donors (Lipinski definition) is 1. The van der Waals surface area contributed by atoms with Gasteiger partial charge in [0.1, 0.15) is 0 Å².